The minimum Gasteiger partial charge on any atom is -0.489 e. The van der Waals surface area contributed by atoms with Gasteiger partial charge in [0.05, 0.1) is 0 Å². The van der Waals surface area contributed by atoms with E-state index in [-0.39, 0.29) is 0 Å². The van der Waals surface area contributed by atoms with Gasteiger partial charge in [0.15, 0.2) is 0 Å². The molecule has 0 fully saturated rings. The Morgan fingerprint density at radius 3 is 2.67 bits per heavy atom. The molecule has 1 nitrogen and oxygen atoms in total. The van der Waals surface area contributed by atoms with E-state index in [1.165, 1.54) is 16.7 Å². The zero-order valence-electron chi connectivity index (χ0n) is 8.44. The highest BCUT2D eigenvalue weighted by atomic mass is 16.5. The number of hydrogen-bond acceptors (Lipinski definition) is 1. The quantitative estimate of drug-likeness (QED) is 0.625. The monoisotopic (exact) mass is 196 g/mol. The molecule has 3 rings (SSSR count). The molecule has 0 saturated carbocycles. The van der Waals surface area contributed by atoms with Crippen LogP contribution in [0.25, 0.3) is 0 Å². The molecule has 0 unspecified atom stereocenters. The summed E-state index contributed by atoms with van der Waals surface area (Å²) in [5, 5.41) is 0. The Morgan fingerprint density at radius 1 is 0.933 bits per heavy atom. The van der Waals surface area contributed by atoms with Crippen molar-refractivity contribution in [3.8, 4) is 5.75 Å². The fraction of sp³-hybridized carbons (Fsp3) is 0.143. The van der Waals surface area contributed by atoms with Gasteiger partial charge in [0.1, 0.15) is 12.4 Å². The van der Waals surface area contributed by atoms with Gasteiger partial charge in [-0.15, -0.1) is 0 Å². The summed E-state index contributed by atoms with van der Waals surface area (Å²) in [6.45, 7) is 0.664. The van der Waals surface area contributed by atoms with Gasteiger partial charge in [-0.1, -0.05) is 42.5 Å². The van der Waals surface area contributed by atoms with Crippen molar-refractivity contribution in [2.24, 2.45) is 0 Å². The lowest BCUT2D eigenvalue weighted by Crippen LogP contribution is -1.94. The number of benzene rings is 2. The first kappa shape index (κ1) is 8.54. The minimum atomic E-state index is 0.664. The first-order valence-electron chi connectivity index (χ1n) is 5.21. The Labute approximate surface area is 89.3 Å². The maximum Gasteiger partial charge on any atom is 0.123 e. The van der Waals surface area contributed by atoms with E-state index in [0.29, 0.717) is 6.61 Å². The van der Waals surface area contributed by atoms with Gasteiger partial charge in [0, 0.05) is 12.0 Å². The maximum atomic E-state index is 5.77. The molecule has 1 aliphatic carbocycles. The molecule has 0 heterocycles. The molecule has 74 valence electrons. The van der Waals surface area contributed by atoms with Crippen LogP contribution in [0, 0.1) is 0 Å². The molecule has 0 radical (unpaired) electrons. The Morgan fingerprint density at radius 2 is 1.80 bits per heavy atom. The maximum absolute atomic E-state index is 5.77. The van der Waals surface area contributed by atoms with Gasteiger partial charge in [0.2, 0.25) is 0 Å². The van der Waals surface area contributed by atoms with Crippen molar-refractivity contribution in [2.45, 2.75) is 13.0 Å². The van der Waals surface area contributed by atoms with Gasteiger partial charge in [-0.3, -0.25) is 0 Å². The second kappa shape index (κ2) is 3.43. The third-order valence-corrected chi connectivity index (χ3v) is 2.71. The van der Waals surface area contributed by atoms with Crippen LogP contribution in [-0.2, 0) is 13.0 Å². The number of rotatable bonds is 3. The van der Waals surface area contributed by atoms with Gasteiger partial charge in [0.25, 0.3) is 0 Å². The third kappa shape index (κ3) is 1.73. The van der Waals surface area contributed by atoms with Crippen molar-refractivity contribution in [3.63, 3.8) is 0 Å². The third-order valence-electron chi connectivity index (χ3n) is 2.71. The van der Waals surface area contributed by atoms with Crippen LogP contribution in [0.2, 0.25) is 0 Å². The van der Waals surface area contributed by atoms with E-state index in [1.807, 2.05) is 18.2 Å². The molecule has 0 aliphatic heterocycles. The zero-order valence-corrected chi connectivity index (χ0v) is 8.44. The van der Waals surface area contributed by atoms with E-state index in [4.69, 9.17) is 4.74 Å². The van der Waals surface area contributed by atoms with Crippen molar-refractivity contribution in [1.82, 2.24) is 0 Å². The molecule has 2 aromatic carbocycles. The van der Waals surface area contributed by atoms with Gasteiger partial charge < -0.3 is 4.74 Å². The number of fused-ring (bicyclic) bond motifs is 1. The van der Waals surface area contributed by atoms with Gasteiger partial charge in [-0.05, 0) is 17.2 Å². The predicted octanol–water partition coefficient (Wildman–Crippen LogP) is 3.17. The molecule has 15 heavy (non-hydrogen) atoms. The average molecular weight is 196 g/mol. The molecule has 0 N–H and O–H groups in total. The summed E-state index contributed by atoms with van der Waals surface area (Å²) in [7, 11) is 0. The predicted molar refractivity (Wildman–Crippen MR) is 60.0 cm³/mol. The van der Waals surface area contributed by atoms with E-state index in [0.717, 1.165) is 12.2 Å². The smallest absolute Gasteiger partial charge is 0.123 e. The highest BCUT2D eigenvalue weighted by molar-refractivity contribution is 5.54. The first-order valence-corrected chi connectivity index (χ1v) is 5.21. The van der Waals surface area contributed by atoms with Crippen LogP contribution in [-0.4, -0.2) is 0 Å². The summed E-state index contributed by atoms with van der Waals surface area (Å²) in [5.74, 6) is 1.05. The van der Waals surface area contributed by atoms with Crippen LogP contribution in [0.15, 0.2) is 48.5 Å². The van der Waals surface area contributed by atoms with Gasteiger partial charge in [-0.25, -0.2) is 0 Å². The van der Waals surface area contributed by atoms with Gasteiger partial charge >= 0.3 is 0 Å². The number of hydrogen-bond donors (Lipinski definition) is 0. The van der Waals surface area contributed by atoms with Crippen LogP contribution < -0.4 is 4.74 Å². The SMILES string of the molecule is c1ccc(COc2cccc3c2C3)cc1. The largest absolute Gasteiger partial charge is 0.489 e. The second-order valence-electron chi connectivity index (χ2n) is 3.84. The van der Waals surface area contributed by atoms with Crippen LogP contribution in [0.3, 0.4) is 0 Å². The molecule has 1 aliphatic rings. The molecule has 0 spiro atoms. The summed E-state index contributed by atoms with van der Waals surface area (Å²) in [6.07, 6.45) is 1.11. The second-order valence-corrected chi connectivity index (χ2v) is 3.84. The fourth-order valence-corrected chi connectivity index (χ4v) is 1.77. The molecule has 0 bridgehead atoms. The van der Waals surface area contributed by atoms with E-state index in [2.05, 4.69) is 30.3 Å². The summed E-state index contributed by atoms with van der Waals surface area (Å²) in [5.41, 5.74) is 4.03. The van der Waals surface area contributed by atoms with E-state index < -0.39 is 0 Å². The Kier molecular flexibility index (Phi) is 1.95. The highest BCUT2D eigenvalue weighted by Crippen LogP contribution is 2.36. The topological polar surface area (TPSA) is 9.23 Å². The van der Waals surface area contributed by atoms with Crippen LogP contribution in [0.1, 0.15) is 16.7 Å². The van der Waals surface area contributed by atoms with Crippen LogP contribution in [0.4, 0.5) is 0 Å². The van der Waals surface area contributed by atoms with Crippen molar-refractivity contribution in [2.75, 3.05) is 0 Å². The molecular weight excluding hydrogens is 184 g/mol. The number of ether oxygens (including phenoxy) is 1. The van der Waals surface area contributed by atoms with E-state index in [1.54, 1.807) is 0 Å². The van der Waals surface area contributed by atoms with Crippen LogP contribution in [0.5, 0.6) is 5.75 Å². The fourth-order valence-electron chi connectivity index (χ4n) is 1.77. The molecule has 0 saturated heterocycles. The molecule has 0 amide bonds. The minimum absolute atomic E-state index is 0.664. The summed E-state index contributed by atoms with van der Waals surface area (Å²) < 4.78 is 5.77. The average Bonchev–Trinajstić information content (AvgIpc) is 3.07. The Bertz CT molecular complexity index is 474. The lowest BCUT2D eigenvalue weighted by atomic mass is 10.2. The van der Waals surface area contributed by atoms with Gasteiger partial charge in [-0.2, -0.15) is 0 Å². The first-order chi connectivity index (χ1) is 7.43. The summed E-state index contributed by atoms with van der Waals surface area (Å²) in [6, 6.07) is 16.5. The molecule has 0 aromatic heterocycles. The lowest BCUT2D eigenvalue weighted by molar-refractivity contribution is 0.305. The van der Waals surface area contributed by atoms with E-state index in [9.17, 15) is 0 Å². The summed E-state index contributed by atoms with van der Waals surface area (Å²) in [4.78, 5) is 0. The van der Waals surface area contributed by atoms with Crippen LogP contribution >= 0.6 is 0 Å². The Hall–Kier alpha value is -1.76. The van der Waals surface area contributed by atoms with Crippen molar-refractivity contribution >= 4 is 0 Å². The Balaban J connectivity index is 1.71. The summed E-state index contributed by atoms with van der Waals surface area (Å²) >= 11 is 0. The lowest BCUT2D eigenvalue weighted by Gasteiger charge is -2.05. The van der Waals surface area contributed by atoms with Crippen molar-refractivity contribution < 1.29 is 4.74 Å². The molecule has 1 heteroatoms. The molecule has 0 atom stereocenters. The highest BCUT2D eigenvalue weighted by Gasteiger charge is 2.20. The van der Waals surface area contributed by atoms with Crippen molar-refractivity contribution in [3.05, 3.63) is 65.2 Å². The standard InChI is InChI=1S/C14H12O/c1-2-5-11(6-3-1)10-15-14-8-4-7-12-9-13(12)14/h1-8H,9-10H2. The molecule has 2 aromatic rings. The zero-order chi connectivity index (χ0) is 10.1. The van der Waals surface area contributed by atoms with E-state index >= 15 is 0 Å². The normalized spacial score (nSPS) is 12.0. The van der Waals surface area contributed by atoms with Crippen molar-refractivity contribution in [1.29, 1.82) is 0 Å². The molecular formula is C14H12O.